The fourth-order valence-corrected chi connectivity index (χ4v) is 3.12. The van der Waals surface area contributed by atoms with Gasteiger partial charge >= 0.3 is 0 Å². The van der Waals surface area contributed by atoms with Gasteiger partial charge in [-0.1, -0.05) is 35.9 Å². The van der Waals surface area contributed by atoms with Crippen molar-refractivity contribution >= 4 is 29.1 Å². The number of carbonyl (C=O) groups excluding carboxylic acids is 2. The lowest BCUT2D eigenvalue weighted by molar-refractivity contribution is -0.117. The summed E-state index contributed by atoms with van der Waals surface area (Å²) in [5.41, 5.74) is 2.19. The molecule has 1 aliphatic carbocycles. The minimum Gasteiger partial charge on any atom is -0.352 e. The number of halogens is 1. The lowest BCUT2D eigenvalue weighted by Crippen LogP contribution is -2.23. The molecule has 0 aromatic heterocycles. The number of amides is 2. The first-order chi connectivity index (χ1) is 11.6. The molecule has 2 N–H and O–H groups in total. The highest BCUT2D eigenvalue weighted by Crippen LogP contribution is 2.49. The van der Waals surface area contributed by atoms with Crippen LogP contribution < -0.4 is 10.6 Å². The average molecular weight is 343 g/mol. The number of rotatable bonds is 5. The zero-order valence-electron chi connectivity index (χ0n) is 13.4. The van der Waals surface area contributed by atoms with Crippen LogP contribution >= 0.6 is 11.6 Å². The fraction of sp³-hybridized carbons (Fsp3) is 0.263. The molecule has 2 amide bonds. The molecule has 0 aliphatic heterocycles. The van der Waals surface area contributed by atoms with Crippen molar-refractivity contribution in [2.75, 3.05) is 11.9 Å². The molecule has 3 rings (SSSR count). The van der Waals surface area contributed by atoms with Gasteiger partial charge in [0.1, 0.15) is 0 Å². The van der Waals surface area contributed by atoms with Crippen molar-refractivity contribution in [1.82, 2.24) is 5.32 Å². The SMILES string of the molecule is CCNC(=O)c1cccc(NC(=O)C2CC2c2ccccc2Cl)c1. The molecule has 1 saturated carbocycles. The molecule has 24 heavy (non-hydrogen) atoms. The summed E-state index contributed by atoms with van der Waals surface area (Å²) in [5.74, 6) is -0.0785. The van der Waals surface area contributed by atoms with E-state index in [1.165, 1.54) is 0 Å². The highest BCUT2D eigenvalue weighted by atomic mass is 35.5. The predicted molar refractivity (Wildman–Crippen MR) is 95.4 cm³/mol. The Hall–Kier alpha value is -2.33. The summed E-state index contributed by atoms with van der Waals surface area (Å²) >= 11 is 6.20. The van der Waals surface area contributed by atoms with E-state index in [0.717, 1.165) is 12.0 Å². The van der Waals surface area contributed by atoms with Crippen LogP contribution in [0.3, 0.4) is 0 Å². The molecule has 0 saturated heterocycles. The number of nitrogens with one attached hydrogen (secondary N) is 2. The Bertz CT molecular complexity index is 775. The third kappa shape index (κ3) is 3.60. The zero-order chi connectivity index (χ0) is 17.1. The van der Waals surface area contributed by atoms with E-state index in [2.05, 4.69) is 10.6 Å². The smallest absolute Gasteiger partial charge is 0.251 e. The Balaban J connectivity index is 1.65. The Morgan fingerprint density at radius 3 is 2.71 bits per heavy atom. The van der Waals surface area contributed by atoms with Gasteiger partial charge in [-0.15, -0.1) is 0 Å². The van der Waals surface area contributed by atoms with Crippen LogP contribution in [0.1, 0.15) is 35.2 Å². The average Bonchev–Trinajstić information content (AvgIpc) is 3.36. The maximum Gasteiger partial charge on any atom is 0.251 e. The number of hydrogen-bond donors (Lipinski definition) is 2. The Morgan fingerprint density at radius 2 is 1.96 bits per heavy atom. The fourth-order valence-electron chi connectivity index (χ4n) is 2.84. The van der Waals surface area contributed by atoms with Crippen molar-refractivity contribution in [2.24, 2.45) is 5.92 Å². The molecule has 2 aromatic rings. The molecule has 2 aromatic carbocycles. The van der Waals surface area contributed by atoms with Crippen LogP contribution in [0.5, 0.6) is 0 Å². The summed E-state index contributed by atoms with van der Waals surface area (Å²) in [6.45, 7) is 2.43. The van der Waals surface area contributed by atoms with Crippen LogP contribution in [0, 0.1) is 5.92 Å². The van der Waals surface area contributed by atoms with E-state index in [1.54, 1.807) is 24.3 Å². The molecule has 4 nitrogen and oxygen atoms in total. The molecule has 124 valence electrons. The third-order valence-electron chi connectivity index (χ3n) is 4.16. The first kappa shape index (κ1) is 16.5. The van der Waals surface area contributed by atoms with Gasteiger partial charge < -0.3 is 10.6 Å². The standard InChI is InChI=1S/C19H19ClN2O2/c1-2-21-18(23)12-6-5-7-13(10-12)22-19(24)16-11-15(16)14-8-3-4-9-17(14)20/h3-10,15-16H,2,11H2,1H3,(H,21,23)(H,22,24). The Labute approximate surface area is 146 Å². The molecular formula is C19H19ClN2O2. The zero-order valence-corrected chi connectivity index (χ0v) is 14.1. The second-order valence-electron chi connectivity index (χ2n) is 5.90. The number of hydrogen-bond acceptors (Lipinski definition) is 2. The molecule has 0 spiro atoms. The third-order valence-corrected chi connectivity index (χ3v) is 4.51. The van der Waals surface area contributed by atoms with E-state index in [9.17, 15) is 9.59 Å². The van der Waals surface area contributed by atoms with Crippen molar-refractivity contribution < 1.29 is 9.59 Å². The first-order valence-corrected chi connectivity index (χ1v) is 8.41. The van der Waals surface area contributed by atoms with Gasteiger partial charge in [0.2, 0.25) is 5.91 Å². The monoisotopic (exact) mass is 342 g/mol. The van der Waals surface area contributed by atoms with Crippen molar-refractivity contribution in [3.63, 3.8) is 0 Å². The molecule has 0 radical (unpaired) electrons. The highest BCUT2D eigenvalue weighted by Gasteiger charge is 2.44. The van der Waals surface area contributed by atoms with Crippen molar-refractivity contribution in [1.29, 1.82) is 0 Å². The molecular weight excluding hydrogens is 324 g/mol. The minimum atomic E-state index is -0.144. The second kappa shape index (κ2) is 7.05. The van der Waals surface area contributed by atoms with Crippen LogP contribution in [0.25, 0.3) is 0 Å². The molecule has 0 bridgehead atoms. The van der Waals surface area contributed by atoms with Crippen LogP contribution in [0.4, 0.5) is 5.69 Å². The van der Waals surface area contributed by atoms with Gasteiger partial charge in [-0.2, -0.15) is 0 Å². The van der Waals surface area contributed by atoms with Gasteiger partial charge in [0.25, 0.3) is 5.91 Å². The van der Waals surface area contributed by atoms with E-state index in [-0.39, 0.29) is 23.7 Å². The minimum absolute atomic E-state index is 0.0343. The summed E-state index contributed by atoms with van der Waals surface area (Å²) in [6, 6.07) is 14.6. The van der Waals surface area contributed by atoms with Crippen molar-refractivity contribution in [2.45, 2.75) is 19.3 Å². The maximum atomic E-state index is 12.4. The van der Waals surface area contributed by atoms with Gasteiger partial charge in [0.15, 0.2) is 0 Å². The van der Waals surface area contributed by atoms with Crippen molar-refractivity contribution in [3.05, 3.63) is 64.7 Å². The van der Waals surface area contributed by atoms with Crippen LogP contribution in [0.15, 0.2) is 48.5 Å². The second-order valence-corrected chi connectivity index (χ2v) is 6.31. The Morgan fingerprint density at radius 1 is 1.17 bits per heavy atom. The normalized spacial score (nSPS) is 18.8. The van der Waals surface area contributed by atoms with Gasteiger partial charge in [0.05, 0.1) is 0 Å². The number of carbonyl (C=O) groups is 2. The Kier molecular flexibility index (Phi) is 4.86. The predicted octanol–water partition coefficient (Wildman–Crippen LogP) is 3.83. The lowest BCUT2D eigenvalue weighted by Gasteiger charge is -2.08. The van der Waals surface area contributed by atoms with E-state index in [1.807, 2.05) is 31.2 Å². The molecule has 1 aliphatic rings. The molecule has 5 heteroatoms. The summed E-state index contributed by atoms with van der Waals surface area (Å²) < 4.78 is 0. The molecule has 1 fully saturated rings. The highest BCUT2D eigenvalue weighted by molar-refractivity contribution is 6.31. The van der Waals surface area contributed by atoms with Crippen LogP contribution in [-0.4, -0.2) is 18.4 Å². The molecule has 2 atom stereocenters. The quantitative estimate of drug-likeness (QED) is 0.867. The summed E-state index contributed by atoms with van der Waals surface area (Å²) in [6.07, 6.45) is 0.797. The lowest BCUT2D eigenvalue weighted by atomic mass is 10.1. The van der Waals surface area contributed by atoms with Gasteiger partial charge in [0, 0.05) is 28.7 Å². The molecule has 2 unspecified atom stereocenters. The first-order valence-electron chi connectivity index (χ1n) is 8.03. The number of anilines is 1. The van der Waals surface area contributed by atoms with Gasteiger partial charge in [-0.05, 0) is 49.1 Å². The van der Waals surface area contributed by atoms with Gasteiger partial charge in [-0.25, -0.2) is 0 Å². The van der Waals surface area contributed by atoms with Crippen molar-refractivity contribution in [3.8, 4) is 0 Å². The van der Waals surface area contributed by atoms with E-state index in [4.69, 9.17) is 11.6 Å². The summed E-state index contributed by atoms with van der Waals surface area (Å²) in [5, 5.41) is 6.35. The van der Waals surface area contributed by atoms with E-state index in [0.29, 0.717) is 22.8 Å². The number of benzene rings is 2. The summed E-state index contributed by atoms with van der Waals surface area (Å²) in [7, 11) is 0. The molecule has 0 heterocycles. The largest absolute Gasteiger partial charge is 0.352 e. The van der Waals surface area contributed by atoms with E-state index >= 15 is 0 Å². The van der Waals surface area contributed by atoms with Crippen LogP contribution in [-0.2, 0) is 4.79 Å². The van der Waals surface area contributed by atoms with Gasteiger partial charge in [-0.3, -0.25) is 9.59 Å². The topological polar surface area (TPSA) is 58.2 Å². The maximum absolute atomic E-state index is 12.4. The summed E-state index contributed by atoms with van der Waals surface area (Å²) in [4.78, 5) is 24.3. The van der Waals surface area contributed by atoms with Crippen LogP contribution in [0.2, 0.25) is 5.02 Å². The van der Waals surface area contributed by atoms with E-state index < -0.39 is 0 Å².